The highest BCUT2D eigenvalue weighted by Crippen LogP contribution is 2.40. The number of fused-ring (bicyclic) bond motifs is 2. The van der Waals surface area contributed by atoms with Crippen LogP contribution in [0.2, 0.25) is 0 Å². The lowest BCUT2D eigenvalue weighted by atomic mass is 9.97. The SMILES string of the molecule is N#C[C@H]1C[C@H]2[C@@H](O)CC[C@H]1N2Cc1ccccc1. The van der Waals surface area contributed by atoms with Crippen LogP contribution in [0.25, 0.3) is 0 Å². The van der Waals surface area contributed by atoms with Gasteiger partial charge in [-0.05, 0) is 24.8 Å². The van der Waals surface area contributed by atoms with Crippen LogP contribution in [0.5, 0.6) is 0 Å². The van der Waals surface area contributed by atoms with Gasteiger partial charge < -0.3 is 5.11 Å². The number of nitriles is 1. The van der Waals surface area contributed by atoms with Gasteiger partial charge in [-0.2, -0.15) is 5.26 Å². The molecule has 0 radical (unpaired) electrons. The standard InChI is InChI=1S/C15H18N2O/c16-9-12-8-14-15(18)7-6-13(12)17(14)10-11-4-2-1-3-5-11/h1-5,12-15,18H,6-8,10H2/t12-,13-,14+,15+/m1/s1. The minimum atomic E-state index is -0.261. The zero-order chi connectivity index (χ0) is 12.5. The summed E-state index contributed by atoms with van der Waals surface area (Å²) < 4.78 is 0. The molecule has 0 amide bonds. The second-order valence-corrected chi connectivity index (χ2v) is 5.41. The van der Waals surface area contributed by atoms with Crippen molar-refractivity contribution in [3.8, 4) is 6.07 Å². The van der Waals surface area contributed by atoms with Gasteiger partial charge in [0.2, 0.25) is 0 Å². The van der Waals surface area contributed by atoms with E-state index < -0.39 is 0 Å². The molecule has 0 spiro atoms. The highest BCUT2D eigenvalue weighted by Gasteiger charge is 2.47. The normalized spacial score (nSPS) is 35.3. The summed E-state index contributed by atoms with van der Waals surface area (Å²) in [5.41, 5.74) is 1.26. The van der Waals surface area contributed by atoms with Crippen LogP contribution < -0.4 is 0 Å². The van der Waals surface area contributed by atoms with E-state index in [-0.39, 0.29) is 18.1 Å². The molecular weight excluding hydrogens is 224 g/mol. The number of nitrogens with zero attached hydrogens (tertiary/aromatic N) is 2. The molecule has 2 saturated heterocycles. The first kappa shape index (κ1) is 11.7. The van der Waals surface area contributed by atoms with E-state index in [1.54, 1.807) is 0 Å². The molecule has 2 bridgehead atoms. The number of aliphatic hydroxyl groups is 1. The first-order valence-electron chi connectivity index (χ1n) is 6.67. The maximum absolute atomic E-state index is 10.1. The topological polar surface area (TPSA) is 47.3 Å². The largest absolute Gasteiger partial charge is 0.391 e. The lowest BCUT2D eigenvalue weighted by molar-refractivity contribution is 0.00817. The summed E-state index contributed by atoms with van der Waals surface area (Å²) in [6.45, 7) is 0.853. The zero-order valence-electron chi connectivity index (χ0n) is 10.4. The van der Waals surface area contributed by atoms with E-state index in [1.807, 2.05) is 18.2 Å². The van der Waals surface area contributed by atoms with Gasteiger partial charge in [-0.1, -0.05) is 30.3 Å². The Morgan fingerprint density at radius 1 is 1.22 bits per heavy atom. The number of benzene rings is 1. The fourth-order valence-corrected chi connectivity index (χ4v) is 3.48. The molecular formula is C15H18N2O. The van der Waals surface area contributed by atoms with E-state index in [0.29, 0.717) is 6.04 Å². The van der Waals surface area contributed by atoms with Crippen molar-refractivity contribution >= 4 is 0 Å². The Kier molecular flexibility index (Phi) is 3.07. The molecule has 3 heteroatoms. The van der Waals surface area contributed by atoms with Gasteiger partial charge in [-0.25, -0.2) is 0 Å². The molecule has 94 valence electrons. The van der Waals surface area contributed by atoms with Crippen molar-refractivity contribution in [3.05, 3.63) is 35.9 Å². The Bertz CT molecular complexity index is 453. The second-order valence-electron chi connectivity index (χ2n) is 5.41. The predicted molar refractivity (Wildman–Crippen MR) is 68.5 cm³/mol. The Morgan fingerprint density at radius 2 is 2.00 bits per heavy atom. The molecule has 2 aliphatic heterocycles. The summed E-state index contributed by atoms with van der Waals surface area (Å²) in [6, 6.07) is 13.3. The van der Waals surface area contributed by atoms with Crippen LogP contribution in [-0.4, -0.2) is 28.2 Å². The third kappa shape index (κ3) is 1.92. The molecule has 4 atom stereocenters. The van der Waals surface area contributed by atoms with Gasteiger partial charge in [-0.15, -0.1) is 0 Å². The molecule has 0 aliphatic carbocycles. The minimum Gasteiger partial charge on any atom is -0.391 e. The molecule has 0 aromatic heterocycles. The van der Waals surface area contributed by atoms with Gasteiger partial charge in [0, 0.05) is 18.6 Å². The Hall–Kier alpha value is -1.37. The maximum atomic E-state index is 10.1. The van der Waals surface area contributed by atoms with Crippen molar-refractivity contribution in [1.29, 1.82) is 5.26 Å². The molecule has 0 saturated carbocycles. The molecule has 1 aromatic carbocycles. The van der Waals surface area contributed by atoms with Crippen molar-refractivity contribution in [2.45, 2.75) is 44.0 Å². The van der Waals surface area contributed by atoms with Crippen LogP contribution >= 0.6 is 0 Å². The van der Waals surface area contributed by atoms with Crippen molar-refractivity contribution in [2.75, 3.05) is 0 Å². The lowest BCUT2D eigenvalue weighted by Crippen LogP contribution is -2.47. The first-order valence-corrected chi connectivity index (χ1v) is 6.67. The fourth-order valence-electron chi connectivity index (χ4n) is 3.48. The predicted octanol–water partition coefficient (Wildman–Crippen LogP) is 1.92. The summed E-state index contributed by atoms with van der Waals surface area (Å²) in [6.07, 6.45) is 2.36. The van der Waals surface area contributed by atoms with Crippen molar-refractivity contribution in [1.82, 2.24) is 4.90 Å². The summed E-state index contributed by atoms with van der Waals surface area (Å²) in [5, 5.41) is 19.3. The highest BCUT2D eigenvalue weighted by atomic mass is 16.3. The van der Waals surface area contributed by atoms with Crippen LogP contribution in [0.3, 0.4) is 0 Å². The average molecular weight is 242 g/mol. The minimum absolute atomic E-state index is 0.0934. The molecule has 2 heterocycles. The smallest absolute Gasteiger partial charge is 0.0696 e. The summed E-state index contributed by atoms with van der Waals surface area (Å²) in [7, 11) is 0. The Balaban J connectivity index is 1.81. The quantitative estimate of drug-likeness (QED) is 0.862. The number of aliphatic hydroxyl groups excluding tert-OH is 1. The number of rotatable bonds is 2. The first-order chi connectivity index (χ1) is 8.79. The molecule has 3 nitrogen and oxygen atoms in total. The van der Waals surface area contributed by atoms with Gasteiger partial charge in [0.1, 0.15) is 0 Å². The van der Waals surface area contributed by atoms with Crippen LogP contribution in [-0.2, 0) is 6.54 Å². The van der Waals surface area contributed by atoms with Crippen molar-refractivity contribution in [3.63, 3.8) is 0 Å². The van der Waals surface area contributed by atoms with Crippen LogP contribution in [0.1, 0.15) is 24.8 Å². The lowest BCUT2D eigenvalue weighted by Gasteiger charge is -2.38. The van der Waals surface area contributed by atoms with Crippen LogP contribution in [0.4, 0.5) is 0 Å². The van der Waals surface area contributed by atoms with Gasteiger partial charge in [0.25, 0.3) is 0 Å². The van der Waals surface area contributed by atoms with E-state index >= 15 is 0 Å². The van der Waals surface area contributed by atoms with E-state index in [9.17, 15) is 10.4 Å². The molecule has 18 heavy (non-hydrogen) atoms. The van der Waals surface area contributed by atoms with Crippen LogP contribution in [0, 0.1) is 17.2 Å². The van der Waals surface area contributed by atoms with E-state index in [4.69, 9.17) is 0 Å². The number of hydrogen-bond acceptors (Lipinski definition) is 3. The van der Waals surface area contributed by atoms with Crippen molar-refractivity contribution < 1.29 is 5.11 Å². The Morgan fingerprint density at radius 3 is 2.72 bits per heavy atom. The second kappa shape index (κ2) is 4.72. The van der Waals surface area contributed by atoms with Crippen LogP contribution in [0.15, 0.2) is 30.3 Å². The molecule has 2 fully saturated rings. The molecule has 0 unspecified atom stereocenters. The molecule has 3 rings (SSSR count). The van der Waals surface area contributed by atoms with Crippen molar-refractivity contribution in [2.24, 2.45) is 5.92 Å². The highest BCUT2D eigenvalue weighted by molar-refractivity contribution is 5.17. The summed E-state index contributed by atoms with van der Waals surface area (Å²) in [5.74, 6) is 0.0934. The van der Waals surface area contributed by atoms with Gasteiger partial charge >= 0.3 is 0 Å². The molecule has 1 aromatic rings. The van der Waals surface area contributed by atoms with E-state index in [0.717, 1.165) is 25.8 Å². The van der Waals surface area contributed by atoms with Gasteiger partial charge in [-0.3, -0.25) is 4.90 Å². The number of hydrogen-bond donors (Lipinski definition) is 1. The average Bonchev–Trinajstić information content (AvgIpc) is 2.65. The maximum Gasteiger partial charge on any atom is 0.0696 e. The molecule has 2 aliphatic rings. The Labute approximate surface area is 108 Å². The number of piperidine rings is 1. The van der Waals surface area contributed by atoms with E-state index in [1.165, 1.54) is 5.56 Å². The summed E-state index contributed by atoms with van der Waals surface area (Å²) >= 11 is 0. The third-order valence-corrected chi connectivity index (χ3v) is 4.39. The molecule has 1 N–H and O–H groups in total. The third-order valence-electron chi connectivity index (χ3n) is 4.39. The fraction of sp³-hybridized carbons (Fsp3) is 0.533. The monoisotopic (exact) mass is 242 g/mol. The van der Waals surface area contributed by atoms with E-state index in [2.05, 4.69) is 23.1 Å². The zero-order valence-corrected chi connectivity index (χ0v) is 10.4. The van der Waals surface area contributed by atoms with Gasteiger partial charge in [0.15, 0.2) is 0 Å². The van der Waals surface area contributed by atoms with Gasteiger partial charge in [0.05, 0.1) is 18.1 Å². The summed E-state index contributed by atoms with van der Waals surface area (Å²) in [4.78, 5) is 2.34.